The third kappa shape index (κ3) is 3.68. The van der Waals surface area contributed by atoms with Gasteiger partial charge in [0.1, 0.15) is 5.65 Å². The van der Waals surface area contributed by atoms with Crippen LogP contribution in [0.4, 0.5) is 0 Å². The second kappa shape index (κ2) is 7.77. The molecule has 0 saturated carbocycles. The number of pyridine rings is 1. The molecule has 0 fully saturated rings. The Kier molecular flexibility index (Phi) is 5.25. The molecule has 0 unspecified atom stereocenters. The average molecular weight is 371 g/mol. The third-order valence-corrected chi connectivity index (χ3v) is 3.62. The minimum Gasteiger partial charge on any atom is -0.466 e. The molecule has 10 nitrogen and oxygen atoms in total. The van der Waals surface area contributed by atoms with Crippen LogP contribution in [-0.2, 0) is 20.7 Å². The van der Waals surface area contributed by atoms with Gasteiger partial charge in [0.25, 0.3) is 5.56 Å². The lowest BCUT2D eigenvalue weighted by molar-refractivity contribution is -0.142. The number of aromatic nitrogens is 5. The van der Waals surface area contributed by atoms with Gasteiger partial charge in [-0.2, -0.15) is 4.68 Å². The van der Waals surface area contributed by atoms with E-state index in [4.69, 9.17) is 9.47 Å². The van der Waals surface area contributed by atoms with Crippen LogP contribution in [-0.4, -0.2) is 49.5 Å². The summed E-state index contributed by atoms with van der Waals surface area (Å²) in [4.78, 5) is 40.8. The summed E-state index contributed by atoms with van der Waals surface area (Å²) >= 11 is 0. The van der Waals surface area contributed by atoms with E-state index >= 15 is 0 Å². The van der Waals surface area contributed by atoms with Gasteiger partial charge in [0.05, 0.1) is 25.3 Å². The van der Waals surface area contributed by atoms with Crippen molar-refractivity contribution in [3.63, 3.8) is 0 Å². The number of carbonyl (C=O) groups excluding carboxylic acids is 2. The van der Waals surface area contributed by atoms with Crippen LogP contribution in [0.3, 0.4) is 0 Å². The summed E-state index contributed by atoms with van der Waals surface area (Å²) in [5, 5.41) is 7.71. The van der Waals surface area contributed by atoms with Crippen molar-refractivity contribution >= 4 is 17.6 Å². The van der Waals surface area contributed by atoms with Crippen molar-refractivity contribution in [3.8, 4) is 5.82 Å². The molecule has 10 heteroatoms. The largest absolute Gasteiger partial charge is 0.466 e. The summed E-state index contributed by atoms with van der Waals surface area (Å²) in [5.74, 6) is -1.15. The maximum Gasteiger partial charge on any atom is 0.360 e. The van der Waals surface area contributed by atoms with Gasteiger partial charge in [-0.3, -0.25) is 14.0 Å². The molecule has 0 N–H and O–H groups in total. The van der Waals surface area contributed by atoms with E-state index in [9.17, 15) is 14.4 Å². The smallest absolute Gasteiger partial charge is 0.360 e. The van der Waals surface area contributed by atoms with Crippen LogP contribution in [0.2, 0.25) is 0 Å². The maximum absolute atomic E-state index is 12.3. The lowest BCUT2D eigenvalue weighted by Crippen LogP contribution is -2.19. The zero-order chi connectivity index (χ0) is 19.4. The Balaban J connectivity index is 2.13. The summed E-state index contributed by atoms with van der Waals surface area (Å²) < 4.78 is 12.4. The third-order valence-electron chi connectivity index (χ3n) is 3.62. The first-order chi connectivity index (χ1) is 13.0. The fraction of sp³-hybridized carbons (Fsp3) is 0.294. The molecule has 0 spiro atoms. The zero-order valence-electron chi connectivity index (χ0n) is 14.8. The van der Waals surface area contributed by atoms with Crippen molar-refractivity contribution in [2.24, 2.45) is 0 Å². The van der Waals surface area contributed by atoms with E-state index in [1.165, 1.54) is 15.1 Å². The molecule has 0 aliphatic carbocycles. The lowest BCUT2D eigenvalue weighted by atomic mass is 10.2. The Morgan fingerprint density at radius 3 is 2.67 bits per heavy atom. The SMILES string of the molecule is CCOC(=O)Cc1c(C(=O)OCC)nnn1-c1cc(=O)n2ccccc2n1. The number of hydrogen-bond donors (Lipinski definition) is 0. The Bertz CT molecular complexity index is 1060. The Hall–Kier alpha value is -3.56. The normalized spacial score (nSPS) is 10.7. The second-order valence-corrected chi connectivity index (χ2v) is 5.38. The summed E-state index contributed by atoms with van der Waals surface area (Å²) in [6.07, 6.45) is 1.31. The molecular weight excluding hydrogens is 354 g/mol. The predicted molar refractivity (Wildman–Crippen MR) is 92.7 cm³/mol. The molecule has 0 atom stereocenters. The number of esters is 2. The van der Waals surface area contributed by atoms with Gasteiger partial charge >= 0.3 is 11.9 Å². The highest BCUT2D eigenvalue weighted by molar-refractivity contribution is 5.90. The van der Waals surface area contributed by atoms with Crippen LogP contribution in [0, 0.1) is 0 Å². The highest BCUT2D eigenvalue weighted by Crippen LogP contribution is 2.14. The first kappa shape index (κ1) is 18.2. The Morgan fingerprint density at radius 2 is 1.93 bits per heavy atom. The van der Waals surface area contributed by atoms with Crippen LogP contribution >= 0.6 is 0 Å². The number of rotatable bonds is 6. The molecule has 3 rings (SSSR count). The minimum atomic E-state index is -0.722. The minimum absolute atomic E-state index is 0.125. The van der Waals surface area contributed by atoms with Gasteiger partial charge in [0.15, 0.2) is 11.5 Å². The summed E-state index contributed by atoms with van der Waals surface area (Å²) in [6, 6.07) is 6.33. The summed E-state index contributed by atoms with van der Waals surface area (Å²) in [7, 11) is 0. The molecule has 0 saturated heterocycles. The monoisotopic (exact) mass is 371 g/mol. The summed E-state index contributed by atoms with van der Waals surface area (Å²) in [5.41, 5.74) is 0.0557. The van der Waals surface area contributed by atoms with Crippen molar-refractivity contribution in [1.29, 1.82) is 0 Å². The van der Waals surface area contributed by atoms with Crippen LogP contribution in [0.1, 0.15) is 30.0 Å². The molecule has 0 amide bonds. The number of ether oxygens (including phenoxy) is 2. The standard InChI is InChI=1S/C17H17N5O5/c1-3-26-15(24)9-11-16(17(25)27-4-2)19-20-22(11)13-10-14(23)21-8-6-5-7-12(21)18-13/h5-8,10H,3-4,9H2,1-2H3. The van der Waals surface area contributed by atoms with Crippen LogP contribution in [0.25, 0.3) is 11.5 Å². The summed E-state index contributed by atoms with van der Waals surface area (Å²) in [6.45, 7) is 3.65. The maximum atomic E-state index is 12.3. The Labute approximate surface area is 153 Å². The van der Waals surface area contributed by atoms with Crippen molar-refractivity contribution in [2.45, 2.75) is 20.3 Å². The fourth-order valence-electron chi connectivity index (χ4n) is 2.50. The quantitative estimate of drug-likeness (QED) is 0.577. The van der Waals surface area contributed by atoms with Crippen molar-refractivity contribution in [2.75, 3.05) is 13.2 Å². The van der Waals surface area contributed by atoms with E-state index in [1.54, 1.807) is 38.2 Å². The van der Waals surface area contributed by atoms with Crippen molar-refractivity contribution in [3.05, 3.63) is 52.2 Å². The highest BCUT2D eigenvalue weighted by atomic mass is 16.5. The molecule has 140 valence electrons. The molecule has 0 aromatic carbocycles. The van der Waals surface area contributed by atoms with Crippen LogP contribution in [0.15, 0.2) is 35.3 Å². The van der Waals surface area contributed by atoms with Gasteiger partial charge in [-0.25, -0.2) is 9.78 Å². The number of nitrogens with zero attached hydrogens (tertiary/aromatic N) is 5. The number of fused-ring (bicyclic) bond motifs is 1. The first-order valence-corrected chi connectivity index (χ1v) is 8.31. The van der Waals surface area contributed by atoms with Gasteiger partial charge in [-0.1, -0.05) is 11.3 Å². The van der Waals surface area contributed by atoms with Gasteiger partial charge in [-0.15, -0.1) is 5.10 Å². The molecule has 0 aliphatic heterocycles. The number of hydrogen-bond acceptors (Lipinski definition) is 8. The molecule has 3 heterocycles. The Morgan fingerprint density at radius 1 is 1.15 bits per heavy atom. The predicted octanol–water partition coefficient (Wildman–Crippen LogP) is 0.557. The molecule has 0 radical (unpaired) electrons. The van der Waals surface area contributed by atoms with Crippen LogP contribution in [0.5, 0.6) is 0 Å². The molecular formula is C17H17N5O5. The van der Waals surface area contributed by atoms with E-state index in [-0.39, 0.29) is 42.4 Å². The van der Waals surface area contributed by atoms with E-state index in [1.807, 2.05) is 0 Å². The van der Waals surface area contributed by atoms with E-state index in [2.05, 4.69) is 15.3 Å². The molecule has 3 aromatic rings. The van der Waals surface area contributed by atoms with Gasteiger partial charge in [0, 0.05) is 12.3 Å². The number of carbonyl (C=O) groups is 2. The van der Waals surface area contributed by atoms with Gasteiger partial charge < -0.3 is 9.47 Å². The highest BCUT2D eigenvalue weighted by Gasteiger charge is 2.25. The van der Waals surface area contributed by atoms with E-state index in [0.717, 1.165) is 0 Å². The molecule has 3 aromatic heterocycles. The van der Waals surface area contributed by atoms with Crippen LogP contribution < -0.4 is 5.56 Å². The van der Waals surface area contributed by atoms with Gasteiger partial charge in [0.2, 0.25) is 0 Å². The molecule has 0 bridgehead atoms. The van der Waals surface area contributed by atoms with E-state index < -0.39 is 11.9 Å². The fourth-order valence-corrected chi connectivity index (χ4v) is 2.50. The van der Waals surface area contributed by atoms with Crippen molar-refractivity contribution < 1.29 is 19.1 Å². The second-order valence-electron chi connectivity index (χ2n) is 5.38. The first-order valence-electron chi connectivity index (χ1n) is 8.31. The molecule has 0 aliphatic rings. The zero-order valence-corrected chi connectivity index (χ0v) is 14.8. The molecule has 27 heavy (non-hydrogen) atoms. The van der Waals surface area contributed by atoms with E-state index in [0.29, 0.717) is 5.65 Å². The lowest BCUT2D eigenvalue weighted by Gasteiger charge is -2.08. The van der Waals surface area contributed by atoms with Gasteiger partial charge in [-0.05, 0) is 26.0 Å². The van der Waals surface area contributed by atoms with Crippen molar-refractivity contribution in [1.82, 2.24) is 24.4 Å². The topological polar surface area (TPSA) is 118 Å². The average Bonchev–Trinajstić information content (AvgIpc) is 3.05.